The van der Waals surface area contributed by atoms with Crippen LogP contribution in [0.4, 0.5) is 10.5 Å². The van der Waals surface area contributed by atoms with E-state index >= 15 is 0 Å². The highest BCUT2D eigenvalue weighted by Crippen LogP contribution is 2.05. The summed E-state index contributed by atoms with van der Waals surface area (Å²) in [4.78, 5) is 15.4. The lowest BCUT2D eigenvalue weighted by atomic mass is 10.2. The van der Waals surface area contributed by atoms with E-state index in [1.165, 1.54) is 0 Å². The molecule has 3 N–H and O–H groups in total. The van der Waals surface area contributed by atoms with Gasteiger partial charge < -0.3 is 15.8 Å². The molecule has 0 aliphatic rings. The first-order chi connectivity index (χ1) is 10.3. The number of pyridine rings is 1. The van der Waals surface area contributed by atoms with E-state index in [2.05, 4.69) is 22.1 Å². The van der Waals surface area contributed by atoms with E-state index in [4.69, 9.17) is 10.5 Å². The summed E-state index contributed by atoms with van der Waals surface area (Å²) < 4.78 is 5.05. The van der Waals surface area contributed by atoms with Crippen molar-refractivity contribution in [2.45, 2.75) is 6.61 Å². The number of rotatable bonds is 3. The number of amides is 1. The third-order valence-electron chi connectivity index (χ3n) is 2.61. The molecule has 5 heteroatoms. The molecule has 0 saturated carbocycles. The number of carbonyl (C=O) groups is 1. The lowest BCUT2D eigenvalue weighted by molar-refractivity contribution is 0.141. The first-order valence-electron chi connectivity index (χ1n) is 6.38. The van der Waals surface area contributed by atoms with Crippen molar-refractivity contribution in [1.82, 2.24) is 10.3 Å². The number of hydrogen-bond donors (Lipinski definition) is 2. The van der Waals surface area contributed by atoms with Crippen LogP contribution < -0.4 is 11.1 Å². The predicted octanol–water partition coefficient (Wildman–Crippen LogP) is 1.94. The van der Waals surface area contributed by atoms with Crippen LogP contribution in [-0.2, 0) is 11.3 Å². The Morgan fingerprint density at radius 1 is 1.29 bits per heavy atom. The molecule has 0 radical (unpaired) electrons. The Hall–Kier alpha value is -3.00. The summed E-state index contributed by atoms with van der Waals surface area (Å²) in [5.74, 6) is 5.62. The molecule has 0 spiro atoms. The summed E-state index contributed by atoms with van der Waals surface area (Å²) in [6, 6.07) is 11.1. The molecule has 0 bridgehead atoms. The van der Waals surface area contributed by atoms with Crippen LogP contribution in [0.15, 0.2) is 48.8 Å². The maximum atomic E-state index is 11.5. The lowest BCUT2D eigenvalue weighted by Crippen LogP contribution is -2.24. The molecular formula is C16H15N3O2. The first kappa shape index (κ1) is 14.4. The highest BCUT2D eigenvalue weighted by molar-refractivity contribution is 5.67. The van der Waals surface area contributed by atoms with E-state index in [0.717, 1.165) is 5.56 Å². The number of alkyl carbamates (subject to hydrolysis) is 1. The summed E-state index contributed by atoms with van der Waals surface area (Å²) >= 11 is 0. The van der Waals surface area contributed by atoms with Crippen LogP contribution in [0.5, 0.6) is 0 Å². The van der Waals surface area contributed by atoms with Crippen molar-refractivity contribution in [2.75, 3.05) is 12.3 Å². The summed E-state index contributed by atoms with van der Waals surface area (Å²) in [6.45, 7) is 0.414. The molecule has 1 aromatic carbocycles. The lowest BCUT2D eigenvalue weighted by Gasteiger charge is -2.04. The number of anilines is 1. The van der Waals surface area contributed by atoms with E-state index in [9.17, 15) is 4.79 Å². The number of hydrogen-bond acceptors (Lipinski definition) is 4. The second-order valence-electron chi connectivity index (χ2n) is 4.18. The van der Waals surface area contributed by atoms with Crippen LogP contribution in [0.25, 0.3) is 0 Å². The molecule has 1 amide bonds. The van der Waals surface area contributed by atoms with Crippen LogP contribution in [-0.4, -0.2) is 17.6 Å². The first-order valence-corrected chi connectivity index (χ1v) is 6.38. The molecule has 0 fully saturated rings. The minimum Gasteiger partial charge on any atom is -0.445 e. The summed E-state index contributed by atoms with van der Waals surface area (Å²) in [6.07, 6.45) is 2.67. The highest BCUT2D eigenvalue weighted by atomic mass is 16.5. The van der Waals surface area contributed by atoms with E-state index in [-0.39, 0.29) is 13.2 Å². The molecule has 2 rings (SSSR count). The Morgan fingerprint density at radius 3 is 2.86 bits per heavy atom. The van der Waals surface area contributed by atoms with Gasteiger partial charge in [0.1, 0.15) is 6.61 Å². The zero-order chi connectivity index (χ0) is 14.9. The van der Waals surface area contributed by atoms with Gasteiger partial charge in [-0.15, -0.1) is 0 Å². The molecule has 5 nitrogen and oxygen atoms in total. The van der Waals surface area contributed by atoms with Gasteiger partial charge in [-0.1, -0.05) is 42.2 Å². The van der Waals surface area contributed by atoms with Crippen LogP contribution in [0, 0.1) is 11.8 Å². The number of nitrogens with two attached hydrogens (primary N) is 1. The van der Waals surface area contributed by atoms with Gasteiger partial charge in [-0.2, -0.15) is 0 Å². The molecule has 2 aromatic rings. The topological polar surface area (TPSA) is 77.2 Å². The Labute approximate surface area is 123 Å². The smallest absolute Gasteiger partial charge is 0.408 e. The maximum absolute atomic E-state index is 11.5. The zero-order valence-corrected chi connectivity index (χ0v) is 11.4. The molecule has 0 unspecified atom stereocenters. The summed E-state index contributed by atoms with van der Waals surface area (Å²) in [5.41, 5.74) is 7.85. The third kappa shape index (κ3) is 4.88. The SMILES string of the molecule is Nc1ccncc1C#CCNC(=O)OCc1ccccc1. The van der Waals surface area contributed by atoms with Crippen molar-refractivity contribution in [2.24, 2.45) is 0 Å². The fourth-order valence-corrected chi connectivity index (χ4v) is 1.54. The van der Waals surface area contributed by atoms with Gasteiger partial charge in [-0.3, -0.25) is 4.98 Å². The molecule has 0 atom stereocenters. The van der Waals surface area contributed by atoms with Crippen LogP contribution in [0.2, 0.25) is 0 Å². The number of carbonyl (C=O) groups excluding carboxylic acids is 1. The number of ether oxygens (including phenoxy) is 1. The summed E-state index contributed by atoms with van der Waals surface area (Å²) in [5, 5.41) is 2.55. The van der Waals surface area contributed by atoms with Crippen LogP contribution >= 0.6 is 0 Å². The van der Waals surface area contributed by atoms with Crippen molar-refractivity contribution in [3.05, 3.63) is 59.9 Å². The summed E-state index contributed by atoms with van der Waals surface area (Å²) in [7, 11) is 0. The number of aromatic nitrogens is 1. The maximum Gasteiger partial charge on any atom is 0.408 e. The van der Waals surface area contributed by atoms with Gasteiger partial charge in [0, 0.05) is 12.4 Å². The van der Waals surface area contributed by atoms with E-state index < -0.39 is 6.09 Å². The van der Waals surface area contributed by atoms with Gasteiger partial charge in [0.25, 0.3) is 0 Å². The van der Waals surface area contributed by atoms with Crippen LogP contribution in [0.3, 0.4) is 0 Å². The van der Waals surface area contributed by atoms with Gasteiger partial charge >= 0.3 is 6.09 Å². The normalized spacial score (nSPS) is 9.33. The number of nitrogen functional groups attached to an aromatic ring is 1. The fourth-order valence-electron chi connectivity index (χ4n) is 1.54. The Bertz CT molecular complexity index is 660. The third-order valence-corrected chi connectivity index (χ3v) is 2.61. The van der Waals surface area contributed by atoms with E-state index in [1.807, 2.05) is 30.3 Å². The average molecular weight is 281 g/mol. The van der Waals surface area contributed by atoms with Crippen molar-refractivity contribution in [3.8, 4) is 11.8 Å². The van der Waals surface area contributed by atoms with Gasteiger partial charge in [0.15, 0.2) is 0 Å². The largest absolute Gasteiger partial charge is 0.445 e. The molecular weight excluding hydrogens is 266 g/mol. The van der Waals surface area contributed by atoms with Crippen molar-refractivity contribution in [1.29, 1.82) is 0 Å². The van der Waals surface area contributed by atoms with Crippen molar-refractivity contribution < 1.29 is 9.53 Å². The number of nitrogens with zero attached hydrogens (tertiary/aromatic N) is 1. The van der Waals surface area contributed by atoms with Gasteiger partial charge in [-0.25, -0.2) is 4.79 Å². The van der Waals surface area contributed by atoms with Gasteiger partial charge in [-0.05, 0) is 11.6 Å². The monoisotopic (exact) mass is 281 g/mol. The average Bonchev–Trinajstić information content (AvgIpc) is 2.52. The quantitative estimate of drug-likeness (QED) is 0.843. The minimum atomic E-state index is -0.507. The molecule has 1 aromatic heterocycles. The van der Waals surface area contributed by atoms with Crippen LogP contribution in [0.1, 0.15) is 11.1 Å². The molecule has 21 heavy (non-hydrogen) atoms. The minimum absolute atomic E-state index is 0.182. The molecule has 106 valence electrons. The molecule has 0 aliphatic heterocycles. The molecule has 0 saturated heterocycles. The van der Waals surface area contributed by atoms with Gasteiger partial charge in [0.05, 0.1) is 17.8 Å². The van der Waals surface area contributed by atoms with Crippen molar-refractivity contribution in [3.63, 3.8) is 0 Å². The Morgan fingerprint density at radius 2 is 2.10 bits per heavy atom. The molecule has 0 aliphatic carbocycles. The predicted molar refractivity (Wildman–Crippen MR) is 80.2 cm³/mol. The fraction of sp³-hybridized carbons (Fsp3) is 0.125. The number of nitrogens with one attached hydrogen (secondary N) is 1. The molecule has 1 heterocycles. The van der Waals surface area contributed by atoms with Gasteiger partial charge in [0.2, 0.25) is 0 Å². The zero-order valence-electron chi connectivity index (χ0n) is 11.4. The standard InChI is InChI=1S/C16H15N3O2/c17-15-8-10-18-11-14(15)7-4-9-19-16(20)21-12-13-5-2-1-3-6-13/h1-3,5-6,8,10-11H,9,12H2,(H2,17,18)(H,19,20). The Balaban J connectivity index is 1.74. The number of benzene rings is 1. The van der Waals surface area contributed by atoms with E-state index in [1.54, 1.807) is 18.5 Å². The highest BCUT2D eigenvalue weighted by Gasteiger charge is 2.00. The second-order valence-corrected chi connectivity index (χ2v) is 4.18. The Kier molecular flexibility index (Phi) is 5.18. The van der Waals surface area contributed by atoms with E-state index in [0.29, 0.717) is 11.3 Å². The second kappa shape index (κ2) is 7.56. The van der Waals surface area contributed by atoms with Crippen molar-refractivity contribution >= 4 is 11.8 Å².